The third-order valence-electron chi connectivity index (χ3n) is 0. The molecule has 0 unspecified atom stereocenters. The maximum atomic E-state index is 0. The quantitative estimate of drug-likeness (QED) is 0.414. The number of hydrogen-bond acceptors (Lipinski definition) is 0. The smallest absolute Gasteiger partial charge is 2.00 e. The number of hydrogen-bond donors (Lipinski definition) is 0. The van der Waals surface area contributed by atoms with Crippen LogP contribution in [0.2, 0.25) is 0 Å². The first kappa shape index (κ1) is 77.6. The van der Waals surface area contributed by atoms with E-state index in [1.807, 2.05) is 0 Å². The van der Waals surface area contributed by atoms with Gasteiger partial charge in [0.1, 0.15) is 0 Å². The van der Waals surface area contributed by atoms with Crippen LogP contribution in [0.25, 0.3) is 0 Å². The van der Waals surface area contributed by atoms with E-state index in [0.717, 1.165) is 0 Å². The van der Waals surface area contributed by atoms with Crippen molar-refractivity contribution in [3.05, 3.63) is 0 Å². The van der Waals surface area contributed by atoms with E-state index in [-0.39, 0.29) is 46.6 Å². The van der Waals surface area contributed by atoms with Crippen molar-refractivity contribution in [2.75, 3.05) is 0 Å². The molecule has 21 valence electrons. The van der Waals surface area contributed by atoms with E-state index in [2.05, 4.69) is 0 Å². The van der Waals surface area contributed by atoms with E-state index in [1.165, 1.54) is 0 Å². The largest absolute Gasteiger partial charge is 5.00 e. The zero-order valence-corrected chi connectivity index (χ0v) is 4.22. The van der Waals surface area contributed by atoms with E-state index in [9.17, 15) is 0 Å². The molecule has 0 atom stereocenters. The minimum atomic E-state index is 0. The first-order valence-corrected chi connectivity index (χ1v) is 0. The summed E-state index contributed by atoms with van der Waals surface area (Å²) >= 11 is 0. The molecule has 0 bridgehead atoms. The van der Waals surface area contributed by atoms with E-state index in [0.29, 0.717) is 0 Å². The molecular formula is MnO2V+3. The first-order chi connectivity index (χ1) is 0. The molecule has 0 saturated carbocycles. The maximum absolute atomic E-state index is 0. The molecule has 0 rings (SSSR count). The van der Waals surface area contributed by atoms with Crippen molar-refractivity contribution < 1.29 is 46.6 Å². The van der Waals surface area contributed by atoms with Gasteiger partial charge in [-0.3, -0.25) is 0 Å². The molecule has 0 aromatic rings. The standard InChI is InChI=1S/Mn.2O.V/q+2;2*-2;+5. The average Bonchev–Trinajstić information content (AvgIpc) is 0. The van der Waals surface area contributed by atoms with Gasteiger partial charge in [0.15, 0.2) is 0 Å². The zero-order chi connectivity index (χ0) is 0. The van der Waals surface area contributed by atoms with E-state index < -0.39 is 0 Å². The third kappa shape index (κ3) is 11.8. The second-order valence-corrected chi connectivity index (χ2v) is 0. The van der Waals surface area contributed by atoms with Crippen molar-refractivity contribution in [2.45, 2.75) is 0 Å². The van der Waals surface area contributed by atoms with Gasteiger partial charge in [-0.05, 0) is 0 Å². The summed E-state index contributed by atoms with van der Waals surface area (Å²) in [6, 6.07) is 0. The summed E-state index contributed by atoms with van der Waals surface area (Å²) in [5, 5.41) is 0. The molecule has 0 aliphatic rings. The summed E-state index contributed by atoms with van der Waals surface area (Å²) in [6.07, 6.45) is 0. The fraction of sp³-hybridized carbons (Fsp3) is 0. The Morgan fingerprint density at radius 1 is 0.750 bits per heavy atom. The Labute approximate surface area is 46.9 Å². The Morgan fingerprint density at radius 2 is 0.750 bits per heavy atom. The van der Waals surface area contributed by atoms with E-state index >= 15 is 0 Å². The Kier molecular flexibility index (Phi) is 681. The molecular weight excluding hydrogens is 138 g/mol. The van der Waals surface area contributed by atoms with Crippen LogP contribution < -0.4 is 0 Å². The second kappa shape index (κ2) is 35.1. The van der Waals surface area contributed by atoms with Crippen LogP contribution in [0.3, 0.4) is 0 Å². The van der Waals surface area contributed by atoms with Crippen molar-refractivity contribution in [1.29, 1.82) is 0 Å². The molecule has 0 aliphatic carbocycles. The molecule has 0 spiro atoms. The molecule has 0 heterocycles. The van der Waals surface area contributed by atoms with Crippen LogP contribution in [0.15, 0.2) is 0 Å². The maximum Gasteiger partial charge on any atom is 5.00 e. The van der Waals surface area contributed by atoms with Gasteiger partial charge in [0.2, 0.25) is 0 Å². The number of rotatable bonds is 0. The van der Waals surface area contributed by atoms with Crippen LogP contribution >= 0.6 is 0 Å². The van der Waals surface area contributed by atoms with Gasteiger partial charge in [0, 0.05) is 0 Å². The van der Waals surface area contributed by atoms with Crippen molar-refractivity contribution in [3.63, 3.8) is 0 Å². The van der Waals surface area contributed by atoms with Crippen LogP contribution in [0.4, 0.5) is 0 Å². The van der Waals surface area contributed by atoms with Crippen molar-refractivity contribution >= 4 is 0 Å². The molecule has 0 fully saturated rings. The van der Waals surface area contributed by atoms with Crippen molar-refractivity contribution in [3.8, 4) is 0 Å². The predicted molar refractivity (Wildman–Crippen MR) is 1.37 cm³/mol. The normalized spacial score (nSPS) is 0. The molecule has 0 N–H and O–H groups in total. The molecule has 4 heavy (non-hydrogen) atoms. The third-order valence-corrected chi connectivity index (χ3v) is 0. The van der Waals surface area contributed by atoms with E-state index in [1.54, 1.807) is 0 Å². The predicted octanol–water partition coefficient (Wildman–Crippen LogP) is -0.243. The minimum absolute atomic E-state index is 0. The molecule has 0 aromatic heterocycles. The summed E-state index contributed by atoms with van der Waals surface area (Å²) in [4.78, 5) is 0. The topological polar surface area (TPSA) is 57.0 Å². The fourth-order valence-corrected chi connectivity index (χ4v) is 0. The van der Waals surface area contributed by atoms with Gasteiger partial charge < -0.3 is 11.0 Å². The zero-order valence-electron chi connectivity index (χ0n) is 1.64. The van der Waals surface area contributed by atoms with E-state index in [4.69, 9.17) is 0 Å². The second-order valence-electron chi connectivity index (χ2n) is 0. The van der Waals surface area contributed by atoms with Gasteiger partial charge in [-0.2, -0.15) is 0 Å². The molecule has 4 heteroatoms. The Hall–Kier alpha value is 1.02. The average molecular weight is 138 g/mol. The van der Waals surface area contributed by atoms with Gasteiger partial charge >= 0.3 is 35.6 Å². The summed E-state index contributed by atoms with van der Waals surface area (Å²) in [5.74, 6) is 0. The Bertz CT molecular complexity index is 6.00. The van der Waals surface area contributed by atoms with Crippen LogP contribution in [-0.2, 0) is 46.6 Å². The van der Waals surface area contributed by atoms with Crippen LogP contribution in [0.5, 0.6) is 0 Å². The molecule has 0 aliphatic heterocycles. The summed E-state index contributed by atoms with van der Waals surface area (Å²) in [6.45, 7) is 0. The van der Waals surface area contributed by atoms with Gasteiger partial charge in [0.25, 0.3) is 0 Å². The van der Waals surface area contributed by atoms with Gasteiger partial charge in [-0.15, -0.1) is 0 Å². The minimum Gasteiger partial charge on any atom is -2.00 e. The molecule has 0 aromatic carbocycles. The Morgan fingerprint density at radius 3 is 0.750 bits per heavy atom. The summed E-state index contributed by atoms with van der Waals surface area (Å²) in [7, 11) is 0. The fourth-order valence-electron chi connectivity index (χ4n) is 0. The SMILES string of the molecule is [Mn+2].[O-2].[O-2].[V+5]. The molecule has 0 saturated heterocycles. The molecule has 2 nitrogen and oxygen atoms in total. The van der Waals surface area contributed by atoms with Crippen molar-refractivity contribution in [2.24, 2.45) is 0 Å². The van der Waals surface area contributed by atoms with Crippen LogP contribution in [0.1, 0.15) is 0 Å². The summed E-state index contributed by atoms with van der Waals surface area (Å²) in [5.41, 5.74) is 0. The van der Waals surface area contributed by atoms with Crippen molar-refractivity contribution in [1.82, 2.24) is 0 Å². The first-order valence-electron chi connectivity index (χ1n) is 0. The van der Waals surface area contributed by atoms with Gasteiger partial charge in [-0.1, -0.05) is 0 Å². The van der Waals surface area contributed by atoms with Crippen LogP contribution in [-0.4, -0.2) is 0 Å². The van der Waals surface area contributed by atoms with Gasteiger partial charge in [-0.25, -0.2) is 0 Å². The molecule has 1 radical (unpaired) electrons. The van der Waals surface area contributed by atoms with Gasteiger partial charge in [0.05, 0.1) is 0 Å². The Balaban J connectivity index is 0. The molecule has 0 amide bonds. The summed E-state index contributed by atoms with van der Waals surface area (Å²) < 4.78 is 0. The monoisotopic (exact) mass is 138 g/mol. The van der Waals surface area contributed by atoms with Crippen LogP contribution in [0, 0.1) is 0 Å².